The van der Waals surface area contributed by atoms with Crippen LogP contribution in [0.5, 0.6) is 0 Å². The van der Waals surface area contributed by atoms with E-state index in [2.05, 4.69) is 41.2 Å². The van der Waals surface area contributed by atoms with E-state index in [4.69, 9.17) is 0 Å². The van der Waals surface area contributed by atoms with Gasteiger partial charge in [-0.3, -0.25) is 0 Å². The first-order valence-corrected chi connectivity index (χ1v) is 4.85. The summed E-state index contributed by atoms with van der Waals surface area (Å²) >= 11 is 0. The first-order valence-electron chi connectivity index (χ1n) is 4.85. The molecule has 0 unspecified atom stereocenters. The van der Waals surface area contributed by atoms with Crippen molar-refractivity contribution < 1.29 is 0 Å². The molecule has 0 spiro atoms. The van der Waals surface area contributed by atoms with Crippen LogP contribution in [0.15, 0.2) is 12.7 Å². The molecule has 0 N–H and O–H groups in total. The third-order valence-corrected chi connectivity index (χ3v) is 0.789. The summed E-state index contributed by atoms with van der Waals surface area (Å²) in [6.45, 7) is 14.2. The molecule has 0 bridgehead atoms. The number of rotatable bonds is 2. The maximum atomic E-state index is 3.48. The van der Waals surface area contributed by atoms with E-state index in [-0.39, 0.29) is 0 Å². The van der Waals surface area contributed by atoms with Gasteiger partial charge in [0.05, 0.1) is 0 Å². The molecule has 0 amide bonds. The van der Waals surface area contributed by atoms with Crippen LogP contribution in [0.4, 0.5) is 0 Å². The zero-order chi connectivity index (χ0) is 9.54. The van der Waals surface area contributed by atoms with Crippen LogP contribution in [0.3, 0.4) is 0 Å². The Hall–Kier alpha value is -0.260. The molecule has 0 nitrogen and oxygen atoms in total. The van der Waals surface area contributed by atoms with Crippen LogP contribution in [0, 0.1) is 0 Å². The van der Waals surface area contributed by atoms with E-state index < -0.39 is 0 Å². The number of hydrogen-bond donors (Lipinski definition) is 0. The highest BCUT2D eigenvalue weighted by Crippen LogP contribution is 1.76. The number of unbranched alkanes of at least 4 members (excludes halogenated alkanes) is 1. The maximum Gasteiger partial charge on any atom is -0.0382 e. The van der Waals surface area contributed by atoms with Gasteiger partial charge in [0.1, 0.15) is 0 Å². The van der Waals surface area contributed by atoms with Crippen LogP contribution in [-0.2, 0) is 0 Å². The molecule has 0 rings (SSSR count). The van der Waals surface area contributed by atoms with Crippen molar-refractivity contribution in [2.45, 2.75) is 60.3 Å². The first-order chi connectivity index (χ1) is 5.24. The predicted molar refractivity (Wildman–Crippen MR) is 57.0 cm³/mol. The summed E-state index contributed by atoms with van der Waals surface area (Å²) in [6, 6.07) is 0. The molecular weight excluding hydrogens is 132 g/mol. The molecule has 0 aliphatic carbocycles. The van der Waals surface area contributed by atoms with Crippen LogP contribution in [0.2, 0.25) is 0 Å². The Labute approximate surface area is 73.7 Å². The lowest BCUT2D eigenvalue weighted by Gasteiger charge is -1.68. The molecule has 0 aliphatic rings. The normalized spacial score (nSPS) is 6.64. The van der Waals surface area contributed by atoms with E-state index in [9.17, 15) is 0 Å². The van der Waals surface area contributed by atoms with Gasteiger partial charge in [-0.25, -0.2) is 0 Å². The average Bonchev–Trinajstić information content (AvgIpc) is 2.06. The second-order valence-corrected chi connectivity index (χ2v) is 2.40. The lowest BCUT2D eigenvalue weighted by atomic mass is 10.4. The molecule has 0 fully saturated rings. The van der Waals surface area contributed by atoms with E-state index in [1.54, 1.807) is 0 Å². The molecule has 0 radical (unpaired) electrons. The lowest BCUT2D eigenvalue weighted by Crippen LogP contribution is -1.47. The highest BCUT2D eigenvalue weighted by Gasteiger charge is 1.56. The van der Waals surface area contributed by atoms with Crippen molar-refractivity contribution >= 4 is 0 Å². The van der Waals surface area contributed by atoms with Crippen LogP contribution in [-0.4, -0.2) is 0 Å². The second-order valence-electron chi connectivity index (χ2n) is 2.40. The fraction of sp³-hybridized carbons (Fsp3) is 0.818. The molecule has 0 aromatic carbocycles. The summed E-state index contributed by atoms with van der Waals surface area (Å²) in [4.78, 5) is 0. The Morgan fingerprint density at radius 3 is 1.09 bits per heavy atom. The SMILES string of the molecule is C=CCC.CCC.CCCC. The Kier molecular flexibility index (Phi) is 51.2. The van der Waals surface area contributed by atoms with E-state index in [1.165, 1.54) is 19.3 Å². The molecule has 0 aliphatic heterocycles. The summed E-state index contributed by atoms with van der Waals surface area (Å²) in [5, 5.41) is 0. The van der Waals surface area contributed by atoms with Gasteiger partial charge in [0.25, 0.3) is 0 Å². The van der Waals surface area contributed by atoms with Gasteiger partial charge in [-0.2, -0.15) is 0 Å². The third-order valence-electron chi connectivity index (χ3n) is 0.789. The fourth-order valence-electron chi connectivity index (χ4n) is 0. The van der Waals surface area contributed by atoms with Gasteiger partial charge in [-0.05, 0) is 6.42 Å². The van der Waals surface area contributed by atoms with Crippen LogP contribution in [0.25, 0.3) is 0 Å². The van der Waals surface area contributed by atoms with Gasteiger partial charge in [0, 0.05) is 0 Å². The summed E-state index contributed by atoms with van der Waals surface area (Å²) in [6.07, 6.45) is 6.85. The highest BCUT2D eigenvalue weighted by atomic mass is 13.6. The Morgan fingerprint density at radius 2 is 1.09 bits per heavy atom. The van der Waals surface area contributed by atoms with Crippen molar-refractivity contribution in [1.82, 2.24) is 0 Å². The zero-order valence-electron chi connectivity index (χ0n) is 9.11. The molecule has 70 valence electrons. The lowest BCUT2D eigenvalue weighted by molar-refractivity contribution is 0.886. The fourth-order valence-corrected chi connectivity index (χ4v) is 0. The van der Waals surface area contributed by atoms with Gasteiger partial charge in [-0.15, -0.1) is 6.58 Å². The van der Waals surface area contributed by atoms with Gasteiger partial charge in [0.2, 0.25) is 0 Å². The Bertz CT molecular complexity index is 35.3. The smallest absolute Gasteiger partial charge is 0.0382 e. The molecule has 0 saturated carbocycles. The zero-order valence-corrected chi connectivity index (χ0v) is 9.11. The van der Waals surface area contributed by atoms with Crippen molar-refractivity contribution in [1.29, 1.82) is 0 Å². The Balaban J connectivity index is -0.0000000886. The third kappa shape index (κ3) is 193. The molecule has 0 saturated heterocycles. The molecular formula is C11H26. The highest BCUT2D eigenvalue weighted by molar-refractivity contribution is 4.60. The number of hydrogen-bond acceptors (Lipinski definition) is 0. The predicted octanol–water partition coefficient (Wildman–Crippen LogP) is 4.81. The largest absolute Gasteiger partial charge is 0.103 e. The van der Waals surface area contributed by atoms with Crippen LogP contribution >= 0.6 is 0 Å². The monoisotopic (exact) mass is 158 g/mol. The van der Waals surface area contributed by atoms with Gasteiger partial charge in [-0.1, -0.05) is 60.0 Å². The molecule has 0 atom stereocenters. The van der Waals surface area contributed by atoms with Crippen LogP contribution in [0.1, 0.15) is 60.3 Å². The summed E-state index contributed by atoms with van der Waals surface area (Å²) < 4.78 is 0. The minimum absolute atomic E-state index is 1.08. The van der Waals surface area contributed by atoms with Crippen molar-refractivity contribution in [3.8, 4) is 0 Å². The van der Waals surface area contributed by atoms with Crippen molar-refractivity contribution in [2.24, 2.45) is 0 Å². The first kappa shape index (κ1) is 17.0. The number of allylic oxidation sites excluding steroid dienone is 1. The van der Waals surface area contributed by atoms with E-state index in [0.29, 0.717) is 0 Å². The molecule has 0 heterocycles. The summed E-state index contributed by atoms with van der Waals surface area (Å²) in [5.74, 6) is 0. The summed E-state index contributed by atoms with van der Waals surface area (Å²) in [7, 11) is 0. The minimum atomic E-state index is 1.08. The maximum absolute atomic E-state index is 3.48. The van der Waals surface area contributed by atoms with Crippen molar-refractivity contribution in [3.05, 3.63) is 12.7 Å². The average molecular weight is 158 g/mol. The second kappa shape index (κ2) is 33.1. The molecule has 0 aromatic rings. The quantitative estimate of drug-likeness (QED) is 0.506. The summed E-state index contributed by atoms with van der Waals surface area (Å²) in [5.41, 5.74) is 0. The topological polar surface area (TPSA) is 0 Å². The van der Waals surface area contributed by atoms with Gasteiger partial charge >= 0.3 is 0 Å². The van der Waals surface area contributed by atoms with Crippen LogP contribution < -0.4 is 0 Å². The van der Waals surface area contributed by atoms with E-state index in [0.717, 1.165) is 6.42 Å². The van der Waals surface area contributed by atoms with Gasteiger partial charge < -0.3 is 0 Å². The van der Waals surface area contributed by atoms with Crippen molar-refractivity contribution in [2.75, 3.05) is 0 Å². The minimum Gasteiger partial charge on any atom is -0.103 e. The molecule has 0 aromatic heterocycles. The Morgan fingerprint density at radius 1 is 0.909 bits per heavy atom. The molecule has 11 heavy (non-hydrogen) atoms. The van der Waals surface area contributed by atoms with Crippen molar-refractivity contribution in [3.63, 3.8) is 0 Å². The molecule has 0 heteroatoms. The van der Waals surface area contributed by atoms with E-state index >= 15 is 0 Å². The van der Waals surface area contributed by atoms with E-state index in [1.807, 2.05) is 6.08 Å². The standard InChI is InChI=1S/C4H10.C4H8.C3H8/c2*1-3-4-2;1-3-2/h3-4H2,1-2H3;3H,1,4H2,2H3;3H2,1-2H3. The van der Waals surface area contributed by atoms with Gasteiger partial charge in [0.15, 0.2) is 0 Å².